The lowest BCUT2D eigenvalue weighted by molar-refractivity contribution is 0.385. The van der Waals surface area contributed by atoms with Gasteiger partial charge in [0, 0.05) is 39.6 Å². The quantitative estimate of drug-likeness (QED) is 0.450. The van der Waals surface area contributed by atoms with Crippen LogP contribution < -0.4 is 0 Å². The Morgan fingerprint density at radius 1 is 0.759 bits per heavy atom. The van der Waals surface area contributed by atoms with Gasteiger partial charge in [-0.1, -0.05) is 50.2 Å². The molecule has 0 radical (unpaired) electrons. The third-order valence-corrected chi connectivity index (χ3v) is 6.53. The Labute approximate surface area is 170 Å². The second-order valence-corrected chi connectivity index (χ2v) is 8.96. The molecule has 0 bridgehead atoms. The summed E-state index contributed by atoms with van der Waals surface area (Å²) in [6.07, 6.45) is 5.43. The van der Waals surface area contributed by atoms with Gasteiger partial charge in [-0.15, -0.1) is 0 Å². The third kappa shape index (κ3) is 2.90. The largest absolute Gasteiger partial charge is 0.371 e. The average molecular weight is 386 g/mol. The van der Waals surface area contributed by atoms with E-state index in [1.807, 2.05) is 0 Å². The lowest BCUT2D eigenvalue weighted by Crippen LogP contribution is -2.18. The van der Waals surface area contributed by atoms with Crippen LogP contribution in [0.15, 0.2) is 60.9 Å². The summed E-state index contributed by atoms with van der Waals surface area (Å²) >= 11 is 0. The first-order valence-corrected chi connectivity index (χ1v) is 10.5. The van der Waals surface area contributed by atoms with E-state index in [9.17, 15) is 0 Å². The Bertz CT molecular complexity index is 1110. The minimum Gasteiger partial charge on any atom is -0.371 e. The number of benzene rings is 2. The van der Waals surface area contributed by atoms with Gasteiger partial charge in [-0.05, 0) is 23.3 Å². The maximum atomic E-state index is 5.51. The third-order valence-electron chi connectivity index (χ3n) is 6.53. The van der Waals surface area contributed by atoms with Crippen molar-refractivity contribution in [1.82, 2.24) is 9.13 Å². The molecule has 2 fully saturated rings. The first kappa shape index (κ1) is 17.3. The number of rotatable bonds is 6. The maximum absolute atomic E-state index is 5.51. The van der Waals surface area contributed by atoms with Gasteiger partial charge in [-0.3, -0.25) is 0 Å². The highest BCUT2D eigenvalue weighted by Gasteiger charge is 2.33. The molecule has 2 aliphatic heterocycles. The van der Waals surface area contributed by atoms with Gasteiger partial charge in [0.1, 0.15) is 0 Å². The molecule has 0 spiro atoms. The summed E-state index contributed by atoms with van der Waals surface area (Å²) in [5, 5.41) is 2.67. The van der Waals surface area contributed by atoms with Gasteiger partial charge >= 0.3 is 0 Å². The van der Waals surface area contributed by atoms with Crippen molar-refractivity contribution in [3.63, 3.8) is 0 Å². The molecule has 4 heteroatoms. The molecule has 148 valence electrons. The Morgan fingerprint density at radius 3 is 1.59 bits per heavy atom. The number of ether oxygens (including phenoxy) is 2. The molecule has 2 aromatic heterocycles. The van der Waals surface area contributed by atoms with Crippen molar-refractivity contribution >= 4 is 21.8 Å². The van der Waals surface area contributed by atoms with Crippen LogP contribution in [0.3, 0.4) is 0 Å². The Kier molecular flexibility index (Phi) is 3.71. The van der Waals surface area contributed by atoms with Crippen molar-refractivity contribution in [3.05, 3.63) is 72.1 Å². The van der Waals surface area contributed by atoms with Crippen molar-refractivity contribution in [2.24, 2.45) is 0 Å². The molecule has 4 aromatic rings. The molecule has 2 aromatic carbocycles. The van der Waals surface area contributed by atoms with Gasteiger partial charge in [0.25, 0.3) is 0 Å². The zero-order valence-electron chi connectivity index (χ0n) is 17.0. The van der Waals surface area contributed by atoms with Gasteiger partial charge < -0.3 is 18.6 Å². The second-order valence-electron chi connectivity index (χ2n) is 8.96. The fraction of sp³-hybridized carbons (Fsp3) is 0.360. The minimum atomic E-state index is -0.121. The molecule has 29 heavy (non-hydrogen) atoms. The van der Waals surface area contributed by atoms with Crippen LogP contribution in [0.5, 0.6) is 0 Å². The summed E-state index contributed by atoms with van der Waals surface area (Å²) < 4.78 is 15.8. The fourth-order valence-corrected chi connectivity index (χ4v) is 4.72. The van der Waals surface area contributed by atoms with E-state index in [4.69, 9.17) is 9.47 Å². The van der Waals surface area contributed by atoms with Crippen molar-refractivity contribution in [2.45, 2.75) is 44.6 Å². The lowest BCUT2D eigenvalue weighted by atomic mass is 9.78. The summed E-state index contributed by atoms with van der Waals surface area (Å²) in [5.74, 6) is 0. The average Bonchev–Trinajstić information content (AvgIpc) is 3.64. The molecule has 0 N–H and O–H groups in total. The Balaban J connectivity index is 1.52. The molecule has 2 aliphatic rings. The molecular formula is C25H26N2O2. The molecule has 2 saturated heterocycles. The van der Waals surface area contributed by atoms with E-state index in [1.165, 1.54) is 32.9 Å². The molecule has 4 heterocycles. The van der Waals surface area contributed by atoms with Crippen LogP contribution in [0.4, 0.5) is 0 Å². The van der Waals surface area contributed by atoms with E-state index >= 15 is 0 Å². The first-order chi connectivity index (χ1) is 14.1. The highest BCUT2D eigenvalue weighted by atomic mass is 16.6. The van der Waals surface area contributed by atoms with Crippen LogP contribution in [0.25, 0.3) is 21.8 Å². The van der Waals surface area contributed by atoms with E-state index in [0.717, 1.165) is 26.3 Å². The van der Waals surface area contributed by atoms with Crippen LogP contribution in [-0.4, -0.2) is 34.6 Å². The summed E-state index contributed by atoms with van der Waals surface area (Å²) in [7, 11) is 0. The lowest BCUT2D eigenvalue weighted by Gasteiger charge is -2.24. The van der Waals surface area contributed by atoms with Crippen molar-refractivity contribution < 1.29 is 9.47 Å². The molecule has 2 atom stereocenters. The van der Waals surface area contributed by atoms with E-state index < -0.39 is 0 Å². The maximum Gasteiger partial charge on any atom is 0.0988 e. The monoisotopic (exact) mass is 386 g/mol. The highest BCUT2D eigenvalue weighted by Crippen LogP contribution is 2.41. The zero-order chi connectivity index (χ0) is 19.6. The number of para-hydroxylation sites is 2. The smallest absolute Gasteiger partial charge is 0.0988 e. The van der Waals surface area contributed by atoms with Crippen LogP contribution in [-0.2, 0) is 28.0 Å². The van der Waals surface area contributed by atoms with E-state index in [2.05, 4.69) is 83.9 Å². The van der Waals surface area contributed by atoms with E-state index in [-0.39, 0.29) is 5.41 Å². The molecule has 4 nitrogen and oxygen atoms in total. The molecule has 0 aliphatic carbocycles. The first-order valence-electron chi connectivity index (χ1n) is 10.5. The predicted octanol–water partition coefficient (Wildman–Crippen LogP) is 4.72. The number of aromatic nitrogens is 2. The zero-order valence-corrected chi connectivity index (χ0v) is 17.0. The topological polar surface area (TPSA) is 34.9 Å². The molecule has 0 amide bonds. The van der Waals surface area contributed by atoms with Crippen molar-refractivity contribution in [3.8, 4) is 0 Å². The summed E-state index contributed by atoms with van der Waals surface area (Å²) in [6, 6.07) is 17.5. The predicted molar refractivity (Wildman–Crippen MR) is 115 cm³/mol. The van der Waals surface area contributed by atoms with E-state index in [1.54, 1.807) is 0 Å². The number of epoxide rings is 2. The van der Waals surface area contributed by atoms with Crippen LogP contribution in [0.1, 0.15) is 25.0 Å². The summed E-state index contributed by atoms with van der Waals surface area (Å²) in [4.78, 5) is 0. The second kappa shape index (κ2) is 6.22. The van der Waals surface area contributed by atoms with Gasteiger partial charge in [0.15, 0.2) is 0 Å². The molecule has 6 rings (SSSR count). The Hall–Kier alpha value is -2.56. The summed E-state index contributed by atoms with van der Waals surface area (Å²) in [5.41, 5.74) is 5.21. The SMILES string of the molecule is CC(C)(c1cn(CC2CO2)c2ccccc12)c1cn(CC2CO2)c2ccccc12. The molecule has 2 unspecified atom stereocenters. The van der Waals surface area contributed by atoms with E-state index in [0.29, 0.717) is 12.2 Å². The highest BCUT2D eigenvalue weighted by molar-refractivity contribution is 5.90. The van der Waals surface area contributed by atoms with Gasteiger partial charge in [0.2, 0.25) is 0 Å². The molecular weight excluding hydrogens is 360 g/mol. The number of hydrogen-bond donors (Lipinski definition) is 0. The fourth-order valence-electron chi connectivity index (χ4n) is 4.72. The van der Waals surface area contributed by atoms with Crippen LogP contribution in [0.2, 0.25) is 0 Å². The van der Waals surface area contributed by atoms with Crippen molar-refractivity contribution in [1.29, 1.82) is 0 Å². The summed E-state index contributed by atoms with van der Waals surface area (Å²) in [6.45, 7) is 8.32. The van der Waals surface area contributed by atoms with Gasteiger partial charge in [-0.25, -0.2) is 0 Å². The standard InChI is InChI=1S/C25H26N2O2/c1-25(2,21-13-26(11-17-15-28-17)23-9-5-3-7-19(21)23)22-14-27(12-18-16-29-18)24-10-6-4-8-20(22)24/h3-10,13-14,17-18H,11-12,15-16H2,1-2H3. The number of hydrogen-bond acceptors (Lipinski definition) is 2. The van der Waals surface area contributed by atoms with Crippen molar-refractivity contribution in [2.75, 3.05) is 13.2 Å². The van der Waals surface area contributed by atoms with Gasteiger partial charge in [0.05, 0.1) is 38.5 Å². The Morgan fingerprint density at radius 2 is 1.17 bits per heavy atom. The number of fused-ring (bicyclic) bond motifs is 2. The number of nitrogens with zero attached hydrogens (tertiary/aromatic N) is 2. The minimum absolute atomic E-state index is 0.121. The van der Waals surface area contributed by atoms with Gasteiger partial charge in [-0.2, -0.15) is 0 Å². The van der Waals surface area contributed by atoms with Crippen LogP contribution in [0, 0.1) is 0 Å². The normalized spacial score (nSPS) is 21.2. The van der Waals surface area contributed by atoms with Crippen LogP contribution >= 0.6 is 0 Å². The molecule has 0 saturated carbocycles.